The van der Waals surface area contributed by atoms with E-state index in [4.69, 9.17) is 9.72 Å². The Morgan fingerprint density at radius 2 is 1.97 bits per heavy atom. The molecule has 2 saturated heterocycles. The first-order valence-electron chi connectivity index (χ1n) is 12.4. The van der Waals surface area contributed by atoms with E-state index in [1.165, 1.54) is 19.5 Å². The van der Waals surface area contributed by atoms with E-state index in [1.807, 2.05) is 13.0 Å². The molecule has 8 heteroatoms. The summed E-state index contributed by atoms with van der Waals surface area (Å²) in [7, 11) is 0. The topological polar surface area (TPSA) is 57.7 Å². The molecule has 0 spiro atoms. The zero-order chi connectivity index (χ0) is 23.4. The number of aromatic nitrogens is 1. The molecule has 1 aromatic carbocycles. The van der Waals surface area contributed by atoms with Crippen LogP contribution in [-0.4, -0.2) is 61.7 Å². The van der Waals surface area contributed by atoms with Crippen molar-refractivity contribution in [3.8, 4) is 5.75 Å². The highest BCUT2D eigenvalue weighted by atomic mass is 79.9. The number of hydrogen-bond donors (Lipinski definition) is 1. The molecule has 2 aliphatic rings. The number of thiazole rings is 1. The van der Waals surface area contributed by atoms with Crippen LogP contribution in [0.25, 0.3) is 10.2 Å². The van der Waals surface area contributed by atoms with Gasteiger partial charge in [-0.05, 0) is 73.0 Å². The average Bonchev–Trinajstić information content (AvgIpc) is 3.19. The number of halogens is 1. The molecule has 6 nitrogen and oxygen atoms in total. The Kier molecular flexibility index (Phi) is 8.52. The third-order valence-electron chi connectivity index (χ3n) is 6.76. The van der Waals surface area contributed by atoms with Crippen molar-refractivity contribution in [1.82, 2.24) is 15.2 Å². The Morgan fingerprint density at radius 1 is 1.24 bits per heavy atom. The lowest BCUT2D eigenvalue weighted by Gasteiger charge is -2.35. The van der Waals surface area contributed by atoms with Crippen LogP contribution in [0.5, 0.6) is 5.75 Å². The lowest BCUT2D eigenvalue weighted by Crippen LogP contribution is -2.42. The Bertz CT molecular complexity index is 934. The van der Waals surface area contributed by atoms with Gasteiger partial charge in [0.15, 0.2) is 5.13 Å². The summed E-state index contributed by atoms with van der Waals surface area (Å²) >= 11 is 5.28. The van der Waals surface area contributed by atoms with Gasteiger partial charge in [0.1, 0.15) is 5.75 Å². The Balaban J connectivity index is 1.22. The fourth-order valence-electron chi connectivity index (χ4n) is 5.29. The fourth-order valence-corrected chi connectivity index (χ4v) is 6.76. The number of nitrogens with zero attached hydrogens (tertiary/aromatic N) is 3. The number of piperidine rings is 2. The lowest BCUT2D eigenvalue weighted by molar-refractivity contribution is -0.125. The zero-order valence-corrected chi connectivity index (χ0v) is 22.5. The molecule has 0 radical (unpaired) electrons. The quantitative estimate of drug-likeness (QED) is 0.472. The molecule has 182 valence electrons. The molecule has 0 saturated carbocycles. The largest absolute Gasteiger partial charge is 0.493 e. The molecular weight excluding hydrogens is 500 g/mol. The number of nitrogens with one attached hydrogen (secondary N) is 1. The molecule has 2 aliphatic heterocycles. The van der Waals surface area contributed by atoms with Crippen LogP contribution < -0.4 is 15.0 Å². The van der Waals surface area contributed by atoms with E-state index in [-0.39, 0.29) is 11.8 Å². The van der Waals surface area contributed by atoms with Crippen molar-refractivity contribution in [2.24, 2.45) is 17.8 Å². The lowest BCUT2D eigenvalue weighted by atomic mass is 9.92. The summed E-state index contributed by atoms with van der Waals surface area (Å²) in [5, 5.41) is 4.24. The second-order valence-corrected chi connectivity index (χ2v) is 11.7. The molecule has 2 atom stereocenters. The third-order valence-corrected chi connectivity index (χ3v) is 8.46. The van der Waals surface area contributed by atoms with Crippen molar-refractivity contribution >= 4 is 48.5 Å². The predicted molar refractivity (Wildman–Crippen MR) is 140 cm³/mol. The molecule has 1 N–H and O–H groups in total. The van der Waals surface area contributed by atoms with Gasteiger partial charge in [-0.15, -0.1) is 0 Å². The summed E-state index contributed by atoms with van der Waals surface area (Å²) in [6, 6.07) is 4.10. The van der Waals surface area contributed by atoms with Crippen molar-refractivity contribution in [2.75, 3.05) is 50.8 Å². The molecular formula is C25H37BrN4O2S. The Morgan fingerprint density at radius 3 is 2.67 bits per heavy atom. The van der Waals surface area contributed by atoms with Gasteiger partial charge in [0.2, 0.25) is 5.91 Å². The Hall–Kier alpha value is -1.38. The summed E-state index contributed by atoms with van der Waals surface area (Å²) < 4.78 is 7.77. The maximum absolute atomic E-state index is 12.7. The number of ether oxygens (including phenoxy) is 1. The zero-order valence-electron chi connectivity index (χ0n) is 20.1. The van der Waals surface area contributed by atoms with Crippen molar-refractivity contribution in [3.05, 3.63) is 16.6 Å². The van der Waals surface area contributed by atoms with Gasteiger partial charge in [0.25, 0.3) is 0 Å². The number of fused-ring (bicyclic) bond motifs is 1. The van der Waals surface area contributed by atoms with Crippen LogP contribution in [-0.2, 0) is 4.79 Å². The maximum Gasteiger partial charge on any atom is 0.223 e. The molecule has 1 aromatic heterocycles. The molecule has 0 unspecified atom stereocenters. The number of hydrogen-bond acceptors (Lipinski definition) is 6. The van der Waals surface area contributed by atoms with Crippen LogP contribution in [0.2, 0.25) is 0 Å². The fraction of sp³-hybridized carbons (Fsp3) is 0.680. The second-order valence-electron chi connectivity index (χ2n) is 9.79. The minimum atomic E-state index is 0.115. The maximum atomic E-state index is 12.7. The minimum absolute atomic E-state index is 0.115. The van der Waals surface area contributed by atoms with E-state index in [9.17, 15) is 4.79 Å². The number of carbonyl (C=O) groups is 1. The van der Waals surface area contributed by atoms with Crippen LogP contribution in [0.4, 0.5) is 5.13 Å². The smallest absolute Gasteiger partial charge is 0.223 e. The van der Waals surface area contributed by atoms with E-state index in [2.05, 4.69) is 51.0 Å². The molecule has 0 bridgehead atoms. The highest BCUT2D eigenvalue weighted by Crippen LogP contribution is 2.37. The number of carbonyl (C=O) groups excluding carboxylic acids is 1. The van der Waals surface area contributed by atoms with Crippen molar-refractivity contribution in [3.63, 3.8) is 0 Å². The van der Waals surface area contributed by atoms with Crippen LogP contribution in [0.15, 0.2) is 16.6 Å². The standard InChI is InChI=1S/C25H37BrN4O2S/c1-4-32-22-14-23-21(13-20(22)26)28-25(33-23)30-10-6-19(7-11-30)24(31)27-8-5-9-29-15-17(2)12-18(3)16-29/h13-14,17-19H,4-12,15-16H2,1-3H3,(H,27,31)/t17-,18-/m0/s1. The summed E-state index contributed by atoms with van der Waals surface area (Å²) in [6.07, 6.45) is 4.15. The van der Waals surface area contributed by atoms with Gasteiger partial charge in [-0.1, -0.05) is 25.2 Å². The molecule has 3 heterocycles. The summed E-state index contributed by atoms with van der Waals surface area (Å²) in [4.78, 5) is 22.4. The number of likely N-dealkylation sites (tertiary alicyclic amines) is 1. The van der Waals surface area contributed by atoms with Gasteiger partial charge in [-0.25, -0.2) is 4.98 Å². The van der Waals surface area contributed by atoms with Gasteiger partial charge < -0.3 is 19.9 Å². The first-order chi connectivity index (χ1) is 15.9. The van der Waals surface area contributed by atoms with Crippen LogP contribution in [0.1, 0.15) is 46.5 Å². The van der Waals surface area contributed by atoms with Crippen molar-refractivity contribution in [1.29, 1.82) is 0 Å². The van der Waals surface area contributed by atoms with E-state index >= 15 is 0 Å². The minimum Gasteiger partial charge on any atom is -0.493 e. The highest BCUT2D eigenvalue weighted by molar-refractivity contribution is 9.10. The monoisotopic (exact) mass is 536 g/mol. The van der Waals surface area contributed by atoms with E-state index in [0.717, 1.165) is 82.8 Å². The summed E-state index contributed by atoms with van der Waals surface area (Å²) in [5.41, 5.74) is 0.989. The predicted octanol–water partition coefficient (Wildman–Crippen LogP) is 5.16. The van der Waals surface area contributed by atoms with E-state index in [1.54, 1.807) is 11.3 Å². The van der Waals surface area contributed by atoms with Crippen LogP contribution >= 0.6 is 27.3 Å². The van der Waals surface area contributed by atoms with Crippen molar-refractivity contribution < 1.29 is 9.53 Å². The SMILES string of the molecule is CCOc1cc2sc(N3CCC(C(=O)NCCCN4C[C@@H](C)C[C@H](C)C4)CC3)nc2cc1Br. The molecule has 0 aliphatic carbocycles. The van der Waals surface area contributed by atoms with Gasteiger partial charge in [-0.2, -0.15) is 0 Å². The van der Waals surface area contributed by atoms with Gasteiger partial charge in [-0.3, -0.25) is 4.79 Å². The molecule has 2 fully saturated rings. The van der Waals surface area contributed by atoms with Gasteiger partial charge >= 0.3 is 0 Å². The third kappa shape index (κ3) is 6.40. The Labute approximate surface area is 210 Å². The van der Waals surface area contributed by atoms with Crippen molar-refractivity contribution in [2.45, 2.75) is 46.5 Å². The number of rotatable bonds is 8. The first-order valence-corrected chi connectivity index (χ1v) is 14.0. The normalized spacial score (nSPS) is 22.6. The molecule has 33 heavy (non-hydrogen) atoms. The number of anilines is 1. The van der Waals surface area contributed by atoms with Crippen LogP contribution in [0.3, 0.4) is 0 Å². The highest BCUT2D eigenvalue weighted by Gasteiger charge is 2.27. The first kappa shape index (κ1) is 24.7. The van der Waals surface area contributed by atoms with E-state index in [0.29, 0.717) is 6.61 Å². The molecule has 4 rings (SSSR count). The molecule has 1 amide bonds. The number of benzene rings is 1. The summed E-state index contributed by atoms with van der Waals surface area (Å²) in [5.74, 6) is 2.78. The number of amides is 1. The van der Waals surface area contributed by atoms with E-state index < -0.39 is 0 Å². The average molecular weight is 538 g/mol. The van der Waals surface area contributed by atoms with Gasteiger partial charge in [0.05, 0.1) is 21.3 Å². The van der Waals surface area contributed by atoms with Gasteiger partial charge in [0, 0.05) is 44.7 Å². The summed E-state index contributed by atoms with van der Waals surface area (Å²) in [6.45, 7) is 13.4. The molecule has 2 aromatic rings. The van der Waals surface area contributed by atoms with Crippen LogP contribution in [0, 0.1) is 17.8 Å². The second kappa shape index (κ2) is 11.4.